The van der Waals surface area contributed by atoms with E-state index < -0.39 is 0 Å². The van der Waals surface area contributed by atoms with Crippen LogP contribution in [0.5, 0.6) is 0 Å². The van der Waals surface area contributed by atoms with Crippen LogP contribution >= 0.6 is 11.6 Å². The smallest absolute Gasteiger partial charge is 0.0949 e. The maximum absolute atomic E-state index is 5.65. The highest BCUT2D eigenvalue weighted by Crippen LogP contribution is 2.04. The van der Waals surface area contributed by atoms with Gasteiger partial charge >= 0.3 is 0 Å². The molecule has 1 aromatic heterocycles. The van der Waals surface area contributed by atoms with Crippen molar-refractivity contribution in [1.82, 2.24) is 9.55 Å². The molecule has 0 aliphatic carbocycles. The molecule has 0 aromatic carbocycles. The molecule has 0 atom stereocenters. The lowest BCUT2D eigenvalue weighted by molar-refractivity contribution is 0.582. The zero-order valence-electron chi connectivity index (χ0n) is 8.17. The summed E-state index contributed by atoms with van der Waals surface area (Å²) in [4.78, 5) is 4.16. The van der Waals surface area contributed by atoms with Crippen LogP contribution in [0.25, 0.3) is 0 Å². The van der Waals surface area contributed by atoms with Gasteiger partial charge in [0, 0.05) is 12.7 Å². The van der Waals surface area contributed by atoms with Crippen LogP contribution in [0.4, 0.5) is 0 Å². The van der Waals surface area contributed by atoms with Gasteiger partial charge < -0.3 is 4.57 Å². The summed E-state index contributed by atoms with van der Waals surface area (Å²) in [6.45, 7) is 3.30. The molecule has 1 rings (SSSR count). The van der Waals surface area contributed by atoms with Crippen molar-refractivity contribution >= 4 is 11.6 Å². The summed E-state index contributed by atoms with van der Waals surface area (Å²) in [6.07, 6.45) is 9.06. The minimum atomic E-state index is 0.516. The van der Waals surface area contributed by atoms with Gasteiger partial charge in [-0.15, -0.1) is 11.6 Å². The third-order valence-corrected chi connectivity index (χ3v) is 2.37. The van der Waals surface area contributed by atoms with Crippen molar-refractivity contribution in [2.75, 3.05) is 0 Å². The third-order valence-electron chi connectivity index (χ3n) is 2.09. The fourth-order valence-corrected chi connectivity index (χ4v) is 1.46. The van der Waals surface area contributed by atoms with Crippen molar-refractivity contribution in [3.63, 3.8) is 0 Å². The fourth-order valence-electron chi connectivity index (χ4n) is 1.32. The lowest BCUT2D eigenvalue weighted by Gasteiger charge is -2.00. The average Bonchev–Trinajstić information content (AvgIpc) is 2.60. The quantitative estimate of drug-likeness (QED) is 0.510. The van der Waals surface area contributed by atoms with Gasteiger partial charge in [0.1, 0.15) is 0 Å². The van der Waals surface area contributed by atoms with Gasteiger partial charge in [-0.3, -0.25) is 0 Å². The molecule has 0 saturated carbocycles. The number of hydrogen-bond donors (Lipinski definition) is 0. The average molecular weight is 201 g/mol. The Morgan fingerprint density at radius 2 is 2.23 bits per heavy atom. The Morgan fingerprint density at radius 1 is 1.38 bits per heavy atom. The molecule has 13 heavy (non-hydrogen) atoms. The van der Waals surface area contributed by atoms with Gasteiger partial charge in [-0.25, -0.2) is 4.98 Å². The van der Waals surface area contributed by atoms with Crippen LogP contribution in [-0.2, 0) is 12.4 Å². The van der Waals surface area contributed by atoms with E-state index in [1.54, 1.807) is 0 Å². The third kappa shape index (κ3) is 3.81. The molecule has 1 heterocycles. The molecule has 0 aliphatic rings. The number of hydrogen-bond acceptors (Lipinski definition) is 1. The van der Waals surface area contributed by atoms with E-state index in [2.05, 4.69) is 16.5 Å². The van der Waals surface area contributed by atoms with Crippen LogP contribution in [0.3, 0.4) is 0 Å². The molecule has 1 aromatic rings. The summed E-state index contributed by atoms with van der Waals surface area (Å²) in [7, 11) is 0. The van der Waals surface area contributed by atoms with Crippen LogP contribution in [-0.4, -0.2) is 9.55 Å². The van der Waals surface area contributed by atoms with E-state index in [0.717, 1.165) is 12.2 Å². The van der Waals surface area contributed by atoms with Gasteiger partial charge in [0.2, 0.25) is 0 Å². The molecule has 0 amide bonds. The van der Waals surface area contributed by atoms with E-state index in [-0.39, 0.29) is 0 Å². The Kier molecular flexibility index (Phi) is 4.91. The molecule has 3 heteroatoms. The Balaban J connectivity index is 2.20. The molecule has 0 aliphatic heterocycles. The molecule has 0 radical (unpaired) electrons. The van der Waals surface area contributed by atoms with E-state index >= 15 is 0 Å². The first-order valence-corrected chi connectivity index (χ1v) is 5.47. The largest absolute Gasteiger partial charge is 0.337 e. The summed E-state index contributed by atoms with van der Waals surface area (Å²) in [6, 6.07) is 0. The summed E-state index contributed by atoms with van der Waals surface area (Å²) in [5.41, 5.74) is 0.970. The Bertz CT molecular complexity index is 233. The van der Waals surface area contributed by atoms with Crippen LogP contribution in [0, 0.1) is 0 Å². The van der Waals surface area contributed by atoms with Gasteiger partial charge in [0.05, 0.1) is 17.9 Å². The van der Waals surface area contributed by atoms with E-state index in [0.29, 0.717) is 5.88 Å². The number of halogens is 1. The van der Waals surface area contributed by atoms with Gasteiger partial charge in [0.15, 0.2) is 0 Å². The number of imidazole rings is 1. The highest BCUT2D eigenvalue weighted by atomic mass is 35.5. The van der Waals surface area contributed by atoms with Crippen molar-refractivity contribution in [2.45, 2.75) is 45.0 Å². The summed E-state index contributed by atoms with van der Waals surface area (Å²) < 4.78 is 2.12. The first-order chi connectivity index (χ1) is 6.36. The predicted octanol–water partition coefficient (Wildman–Crippen LogP) is 3.20. The molecule has 0 fully saturated rings. The molecule has 2 nitrogen and oxygen atoms in total. The minimum Gasteiger partial charge on any atom is -0.337 e. The van der Waals surface area contributed by atoms with Crippen LogP contribution < -0.4 is 0 Å². The van der Waals surface area contributed by atoms with Gasteiger partial charge in [-0.05, 0) is 6.42 Å². The van der Waals surface area contributed by atoms with Crippen molar-refractivity contribution in [2.24, 2.45) is 0 Å². The predicted molar refractivity (Wildman–Crippen MR) is 55.9 cm³/mol. The van der Waals surface area contributed by atoms with Crippen LogP contribution in [0.15, 0.2) is 12.5 Å². The van der Waals surface area contributed by atoms with E-state index in [1.807, 2.05) is 12.5 Å². The minimum absolute atomic E-state index is 0.516. The SMILES string of the molecule is CCCCCCn1cnc(CCl)c1. The van der Waals surface area contributed by atoms with Crippen molar-refractivity contribution in [3.8, 4) is 0 Å². The van der Waals surface area contributed by atoms with Crippen molar-refractivity contribution in [3.05, 3.63) is 18.2 Å². The summed E-state index contributed by atoms with van der Waals surface area (Å²) in [5.74, 6) is 0.516. The standard InChI is InChI=1S/C10H17ClN2/c1-2-3-4-5-6-13-8-10(7-11)12-9-13/h8-9H,2-7H2,1H3. The number of nitrogens with zero attached hydrogens (tertiary/aromatic N) is 2. The van der Waals surface area contributed by atoms with Gasteiger partial charge in [-0.2, -0.15) is 0 Å². The second kappa shape index (κ2) is 6.03. The van der Waals surface area contributed by atoms with Crippen molar-refractivity contribution < 1.29 is 0 Å². The second-order valence-electron chi connectivity index (χ2n) is 3.30. The Hall–Kier alpha value is -0.500. The zero-order valence-corrected chi connectivity index (χ0v) is 8.93. The second-order valence-corrected chi connectivity index (χ2v) is 3.56. The van der Waals surface area contributed by atoms with E-state index in [9.17, 15) is 0 Å². The Labute approximate surface area is 84.9 Å². The molecule has 0 saturated heterocycles. The molecule has 0 spiro atoms. The first-order valence-electron chi connectivity index (χ1n) is 4.93. The van der Waals surface area contributed by atoms with Crippen molar-refractivity contribution in [1.29, 1.82) is 0 Å². The first kappa shape index (κ1) is 10.6. The number of unbranched alkanes of at least 4 members (excludes halogenated alkanes) is 3. The van der Waals surface area contributed by atoms with E-state index in [1.165, 1.54) is 25.7 Å². The normalized spacial score (nSPS) is 10.6. The highest BCUT2D eigenvalue weighted by molar-refractivity contribution is 6.16. The topological polar surface area (TPSA) is 17.8 Å². The van der Waals surface area contributed by atoms with Crippen LogP contribution in [0.1, 0.15) is 38.3 Å². The van der Waals surface area contributed by atoms with Crippen LogP contribution in [0.2, 0.25) is 0 Å². The molecular weight excluding hydrogens is 184 g/mol. The maximum Gasteiger partial charge on any atom is 0.0949 e. The summed E-state index contributed by atoms with van der Waals surface area (Å²) in [5, 5.41) is 0. The molecule has 0 bridgehead atoms. The van der Waals surface area contributed by atoms with Gasteiger partial charge in [-0.1, -0.05) is 26.2 Å². The monoisotopic (exact) mass is 200 g/mol. The number of alkyl halides is 1. The lowest BCUT2D eigenvalue weighted by atomic mass is 10.2. The number of aromatic nitrogens is 2. The molecule has 74 valence electrons. The zero-order chi connectivity index (χ0) is 9.52. The lowest BCUT2D eigenvalue weighted by Crippen LogP contribution is -1.93. The highest BCUT2D eigenvalue weighted by Gasteiger charge is 1.96. The fraction of sp³-hybridized carbons (Fsp3) is 0.700. The molecule has 0 N–H and O–H groups in total. The number of rotatable bonds is 6. The summed E-state index contributed by atoms with van der Waals surface area (Å²) >= 11 is 5.65. The molecule has 0 unspecified atom stereocenters. The number of aryl methyl sites for hydroxylation is 1. The maximum atomic E-state index is 5.65. The van der Waals surface area contributed by atoms with E-state index in [4.69, 9.17) is 11.6 Å². The molecular formula is C10H17ClN2. The van der Waals surface area contributed by atoms with Gasteiger partial charge in [0.25, 0.3) is 0 Å². The Morgan fingerprint density at radius 3 is 2.85 bits per heavy atom.